The summed E-state index contributed by atoms with van der Waals surface area (Å²) in [5.74, 6) is 1.14. The van der Waals surface area contributed by atoms with Gasteiger partial charge in [0.05, 0.1) is 11.6 Å². The third kappa shape index (κ3) is 3.42. The van der Waals surface area contributed by atoms with Gasteiger partial charge in [0.25, 0.3) is 5.91 Å². The van der Waals surface area contributed by atoms with Crippen LogP contribution in [0.2, 0.25) is 0 Å². The van der Waals surface area contributed by atoms with E-state index in [9.17, 15) is 4.79 Å². The lowest BCUT2D eigenvalue weighted by molar-refractivity contribution is 0.0701. The standard InChI is InChI=1S/C25H29N3O2/c1-30-13-7-12-27-15-19-16-28(24(22(19)17-27)18-8-3-2-4-9-18)25(29)21-14-26-23-11-6-5-10-20(21)23/h2-6,8-11,14,19,22,24,26H,7,12-13,15-17H2,1H3/t19-,22-,24+/m0/s1. The van der Waals surface area contributed by atoms with Gasteiger partial charge in [-0.1, -0.05) is 48.5 Å². The molecule has 0 bridgehead atoms. The van der Waals surface area contributed by atoms with Crippen molar-refractivity contribution in [2.45, 2.75) is 12.5 Å². The van der Waals surface area contributed by atoms with Gasteiger partial charge in [-0.3, -0.25) is 4.79 Å². The minimum atomic E-state index is 0.129. The van der Waals surface area contributed by atoms with Crippen molar-refractivity contribution in [1.29, 1.82) is 0 Å². The molecule has 156 valence electrons. The number of carbonyl (C=O) groups excluding carboxylic acids is 1. The maximum Gasteiger partial charge on any atom is 0.256 e. The Morgan fingerprint density at radius 3 is 2.70 bits per heavy atom. The summed E-state index contributed by atoms with van der Waals surface area (Å²) in [6.45, 7) is 4.81. The second-order valence-electron chi connectivity index (χ2n) is 8.59. The van der Waals surface area contributed by atoms with Crippen LogP contribution in [0.25, 0.3) is 10.9 Å². The normalized spacial score (nSPS) is 23.9. The molecule has 30 heavy (non-hydrogen) atoms. The molecule has 1 N–H and O–H groups in total. The number of carbonyl (C=O) groups is 1. The Hall–Kier alpha value is -2.63. The summed E-state index contributed by atoms with van der Waals surface area (Å²) in [6, 6.07) is 18.8. The number of aromatic amines is 1. The molecule has 2 aromatic carbocycles. The monoisotopic (exact) mass is 403 g/mol. The molecule has 5 rings (SSSR count). The minimum Gasteiger partial charge on any atom is -0.385 e. The van der Waals surface area contributed by atoms with Crippen LogP contribution < -0.4 is 0 Å². The quantitative estimate of drug-likeness (QED) is 0.634. The Labute approximate surface area is 177 Å². The van der Waals surface area contributed by atoms with Crippen molar-refractivity contribution in [2.24, 2.45) is 11.8 Å². The molecular formula is C25H29N3O2. The number of hydrogen-bond acceptors (Lipinski definition) is 3. The second-order valence-corrected chi connectivity index (χ2v) is 8.59. The highest BCUT2D eigenvalue weighted by Gasteiger charge is 2.49. The minimum absolute atomic E-state index is 0.129. The highest BCUT2D eigenvalue weighted by molar-refractivity contribution is 6.07. The van der Waals surface area contributed by atoms with Crippen molar-refractivity contribution < 1.29 is 9.53 Å². The highest BCUT2D eigenvalue weighted by atomic mass is 16.5. The zero-order valence-corrected chi connectivity index (χ0v) is 17.5. The molecule has 5 heteroatoms. The summed E-state index contributed by atoms with van der Waals surface area (Å²) in [5, 5.41) is 1.01. The van der Waals surface area contributed by atoms with E-state index in [1.165, 1.54) is 5.56 Å². The van der Waals surface area contributed by atoms with Gasteiger partial charge in [-0.2, -0.15) is 0 Å². The van der Waals surface area contributed by atoms with Crippen molar-refractivity contribution in [3.63, 3.8) is 0 Å². The summed E-state index contributed by atoms with van der Waals surface area (Å²) < 4.78 is 5.23. The van der Waals surface area contributed by atoms with Gasteiger partial charge in [-0.25, -0.2) is 0 Å². The van der Waals surface area contributed by atoms with E-state index >= 15 is 0 Å². The number of nitrogens with zero attached hydrogens (tertiary/aromatic N) is 2. The van der Waals surface area contributed by atoms with Crippen LogP contribution in [0, 0.1) is 11.8 Å². The van der Waals surface area contributed by atoms with Gasteiger partial charge in [0.1, 0.15) is 0 Å². The first-order valence-electron chi connectivity index (χ1n) is 10.9. The number of benzene rings is 2. The van der Waals surface area contributed by atoms with E-state index in [0.717, 1.165) is 55.7 Å². The third-order valence-corrected chi connectivity index (χ3v) is 6.78. The van der Waals surface area contributed by atoms with Crippen LogP contribution in [0.5, 0.6) is 0 Å². The first kappa shape index (κ1) is 19.3. The van der Waals surface area contributed by atoms with Gasteiger partial charge >= 0.3 is 0 Å². The van der Waals surface area contributed by atoms with Gasteiger partial charge in [0.15, 0.2) is 0 Å². The van der Waals surface area contributed by atoms with E-state index in [4.69, 9.17) is 4.74 Å². The summed E-state index contributed by atoms with van der Waals surface area (Å²) in [7, 11) is 1.76. The largest absolute Gasteiger partial charge is 0.385 e. The summed E-state index contributed by atoms with van der Waals surface area (Å²) in [5.41, 5.74) is 3.04. The average Bonchev–Trinajstić information content (AvgIpc) is 3.46. The lowest BCUT2D eigenvalue weighted by atomic mass is 9.89. The molecule has 0 spiro atoms. The first-order valence-corrected chi connectivity index (χ1v) is 10.9. The van der Waals surface area contributed by atoms with E-state index in [0.29, 0.717) is 11.8 Å². The van der Waals surface area contributed by atoms with Crippen molar-refractivity contribution >= 4 is 16.8 Å². The van der Waals surface area contributed by atoms with Crippen molar-refractivity contribution in [3.8, 4) is 0 Å². The number of methoxy groups -OCH3 is 1. The fourth-order valence-corrected chi connectivity index (χ4v) is 5.44. The van der Waals surface area contributed by atoms with Crippen molar-refractivity contribution in [2.75, 3.05) is 39.9 Å². The molecule has 2 aliphatic rings. The van der Waals surface area contributed by atoms with Gasteiger partial charge in [-0.05, 0) is 24.0 Å². The van der Waals surface area contributed by atoms with Crippen LogP contribution >= 0.6 is 0 Å². The molecule has 0 aliphatic carbocycles. The molecule has 5 nitrogen and oxygen atoms in total. The van der Waals surface area contributed by atoms with Crippen LogP contribution in [-0.4, -0.2) is 60.6 Å². The van der Waals surface area contributed by atoms with E-state index in [2.05, 4.69) is 39.0 Å². The number of para-hydroxylation sites is 1. The SMILES string of the molecule is COCCCN1C[C@H]2CN(C(=O)c3c[nH]c4ccccc34)[C@H](c3ccccc3)[C@H]2C1. The van der Waals surface area contributed by atoms with Crippen LogP contribution in [0.3, 0.4) is 0 Å². The summed E-state index contributed by atoms with van der Waals surface area (Å²) in [4.78, 5) is 21.7. The topological polar surface area (TPSA) is 48.6 Å². The lowest BCUT2D eigenvalue weighted by Crippen LogP contribution is -2.36. The summed E-state index contributed by atoms with van der Waals surface area (Å²) >= 11 is 0. The number of rotatable bonds is 6. The zero-order chi connectivity index (χ0) is 20.5. The van der Waals surface area contributed by atoms with E-state index in [1.807, 2.05) is 36.5 Å². The molecule has 0 unspecified atom stereocenters. The number of aromatic nitrogens is 1. The molecular weight excluding hydrogens is 374 g/mol. The van der Waals surface area contributed by atoms with Gasteiger partial charge < -0.3 is 19.5 Å². The predicted octanol–water partition coefficient (Wildman–Crippen LogP) is 3.95. The average molecular weight is 404 g/mol. The molecule has 0 saturated carbocycles. The van der Waals surface area contributed by atoms with Crippen LogP contribution in [0.15, 0.2) is 60.8 Å². The number of nitrogens with one attached hydrogen (secondary N) is 1. The highest BCUT2D eigenvalue weighted by Crippen LogP contribution is 2.45. The molecule has 1 aromatic heterocycles. The molecule has 1 amide bonds. The molecule has 2 aliphatic heterocycles. The smallest absolute Gasteiger partial charge is 0.256 e. The molecule has 3 heterocycles. The zero-order valence-electron chi connectivity index (χ0n) is 17.5. The Kier molecular flexibility index (Phi) is 5.32. The second kappa shape index (κ2) is 8.25. The molecule has 3 aromatic rings. The fraction of sp³-hybridized carbons (Fsp3) is 0.400. The fourth-order valence-electron chi connectivity index (χ4n) is 5.44. The van der Waals surface area contributed by atoms with Crippen LogP contribution in [0.1, 0.15) is 28.4 Å². The van der Waals surface area contributed by atoms with E-state index in [1.54, 1.807) is 7.11 Å². The number of amides is 1. The van der Waals surface area contributed by atoms with Crippen LogP contribution in [-0.2, 0) is 4.74 Å². The third-order valence-electron chi connectivity index (χ3n) is 6.78. The predicted molar refractivity (Wildman–Crippen MR) is 118 cm³/mol. The number of fused-ring (bicyclic) bond motifs is 2. The number of ether oxygens (including phenoxy) is 1. The Bertz CT molecular complexity index is 1020. The Morgan fingerprint density at radius 2 is 1.87 bits per heavy atom. The maximum absolute atomic E-state index is 13.7. The Balaban J connectivity index is 1.43. The van der Waals surface area contributed by atoms with E-state index in [-0.39, 0.29) is 11.9 Å². The van der Waals surface area contributed by atoms with Crippen molar-refractivity contribution in [3.05, 3.63) is 71.9 Å². The molecule has 2 fully saturated rings. The number of hydrogen-bond donors (Lipinski definition) is 1. The summed E-state index contributed by atoms with van der Waals surface area (Å²) in [6.07, 6.45) is 2.93. The van der Waals surface area contributed by atoms with Crippen molar-refractivity contribution in [1.82, 2.24) is 14.8 Å². The molecule has 3 atom stereocenters. The van der Waals surface area contributed by atoms with Gasteiger partial charge in [0.2, 0.25) is 0 Å². The number of H-pyrrole nitrogens is 1. The Morgan fingerprint density at radius 1 is 1.07 bits per heavy atom. The first-order chi connectivity index (χ1) is 14.8. The van der Waals surface area contributed by atoms with Gasteiger partial charge in [0, 0.05) is 62.9 Å². The molecule has 0 radical (unpaired) electrons. The van der Waals surface area contributed by atoms with Crippen LogP contribution in [0.4, 0.5) is 0 Å². The van der Waals surface area contributed by atoms with Gasteiger partial charge in [-0.15, -0.1) is 0 Å². The lowest BCUT2D eigenvalue weighted by Gasteiger charge is -2.30. The maximum atomic E-state index is 13.7. The van der Waals surface area contributed by atoms with E-state index < -0.39 is 0 Å². The number of likely N-dealkylation sites (tertiary alicyclic amines) is 2. The molecule has 2 saturated heterocycles.